The van der Waals surface area contributed by atoms with Gasteiger partial charge in [0.2, 0.25) is 0 Å². The Bertz CT molecular complexity index is 306. The predicted molar refractivity (Wildman–Crippen MR) is 64.1 cm³/mol. The van der Waals surface area contributed by atoms with Gasteiger partial charge in [-0.05, 0) is 41.1 Å². The summed E-state index contributed by atoms with van der Waals surface area (Å²) in [6.45, 7) is 2.74. The summed E-state index contributed by atoms with van der Waals surface area (Å²) in [5.74, 6) is 0. The molecule has 0 saturated carbocycles. The molecule has 0 bridgehead atoms. The van der Waals surface area contributed by atoms with Crippen molar-refractivity contribution in [2.24, 2.45) is 0 Å². The molecule has 0 aliphatic rings. The summed E-state index contributed by atoms with van der Waals surface area (Å²) >= 11 is 9.25. The van der Waals surface area contributed by atoms with E-state index in [0.29, 0.717) is 6.61 Å². The molecule has 0 spiro atoms. The molecular weight excluding hydrogens is 265 g/mol. The van der Waals surface area contributed by atoms with E-state index in [1.165, 1.54) is 0 Å². The van der Waals surface area contributed by atoms with Gasteiger partial charge in [-0.15, -0.1) is 0 Å². The van der Waals surface area contributed by atoms with Crippen molar-refractivity contribution >= 4 is 33.2 Å². The van der Waals surface area contributed by atoms with E-state index in [9.17, 15) is 0 Å². The fourth-order valence-corrected chi connectivity index (χ4v) is 1.66. The molecule has 78 valence electrons. The van der Waals surface area contributed by atoms with Gasteiger partial charge < -0.3 is 10.1 Å². The van der Waals surface area contributed by atoms with Gasteiger partial charge in [0, 0.05) is 23.3 Å². The molecule has 0 heterocycles. The Labute approximate surface area is 97.7 Å². The zero-order valence-corrected chi connectivity index (χ0v) is 10.5. The van der Waals surface area contributed by atoms with Crippen molar-refractivity contribution in [3.05, 3.63) is 27.7 Å². The summed E-state index contributed by atoms with van der Waals surface area (Å²) in [6, 6.07) is 6.04. The zero-order valence-electron chi connectivity index (χ0n) is 8.18. The number of rotatable bonds is 4. The average molecular weight is 279 g/mol. The van der Waals surface area contributed by atoms with E-state index in [0.717, 1.165) is 15.2 Å². The van der Waals surface area contributed by atoms with Crippen LogP contribution in [-0.4, -0.2) is 19.8 Å². The van der Waals surface area contributed by atoms with Crippen LogP contribution in [0, 0.1) is 0 Å². The summed E-state index contributed by atoms with van der Waals surface area (Å²) in [4.78, 5) is 0. The van der Waals surface area contributed by atoms with Gasteiger partial charge in [-0.3, -0.25) is 0 Å². The van der Waals surface area contributed by atoms with Crippen LogP contribution in [0.2, 0.25) is 5.02 Å². The first kappa shape index (κ1) is 11.8. The van der Waals surface area contributed by atoms with Crippen molar-refractivity contribution in [3.63, 3.8) is 0 Å². The van der Waals surface area contributed by atoms with Crippen molar-refractivity contribution < 1.29 is 4.74 Å². The minimum Gasteiger partial charge on any atom is -0.383 e. The minimum absolute atomic E-state index is 0.285. The lowest BCUT2D eigenvalue weighted by Crippen LogP contribution is -2.20. The van der Waals surface area contributed by atoms with Gasteiger partial charge in [0.15, 0.2) is 0 Å². The first-order valence-electron chi connectivity index (χ1n) is 4.34. The Morgan fingerprint density at radius 2 is 2.29 bits per heavy atom. The van der Waals surface area contributed by atoms with Crippen LogP contribution in [0.3, 0.4) is 0 Å². The van der Waals surface area contributed by atoms with Crippen molar-refractivity contribution in [1.29, 1.82) is 0 Å². The minimum atomic E-state index is 0.285. The molecule has 1 aromatic carbocycles. The smallest absolute Gasteiger partial charge is 0.0661 e. The van der Waals surface area contributed by atoms with Crippen LogP contribution in [-0.2, 0) is 4.74 Å². The summed E-state index contributed by atoms with van der Waals surface area (Å²) in [6.07, 6.45) is 0. The fraction of sp³-hybridized carbons (Fsp3) is 0.400. The fourth-order valence-electron chi connectivity index (χ4n) is 1.16. The summed E-state index contributed by atoms with van der Waals surface area (Å²) in [5, 5.41) is 4.01. The predicted octanol–water partition coefficient (Wildman–Crippen LogP) is 3.55. The van der Waals surface area contributed by atoms with Crippen LogP contribution in [0.1, 0.15) is 6.92 Å². The number of methoxy groups -OCH3 is 1. The number of hydrogen-bond donors (Lipinski definition) is 1. The van der Waals surface area contributed by atoms with Gasteiger partial charge in [-0.25, -0.2) is 0 Å². The highest BCUT2D eigenvalue weighted by Crippen LogP contribution is 2.25. The SMILES string of the molecule is COC[C@@H](C)Nc1ccc(Cl)c(Br)c1. The third-order valence-electron chi connectivity index (χ3n) is 1.75. The third kappa shape index (κ3) is 3.48. The third-order valence-corrected chi connectivity index (χ3v) is 2.96. The first-order chi connectivity index (χ1) is 6.63. The maximum Gasteiger partial charge on any atom is 0.0661 e. The van der Waals surface area contributed by atoms with Crippen LogP contribution in [0.25, 0.3) is 0 Å². The maximum atomic E-state index is 5.88. The Morgan fingerprint density at radius 1 is 1.57 bits per heavy atom. The molecular formula is C10H13BrClNO. The van der Waals surface area contributed by atoms with Crippen LogP contribution in [0.5, 0.6) is 0 Å². The number of halogens is 2. The first-order valence-corrected chi connectivity index (χ1v) is 5.51. The van der Waals surface area contributed by atoms with Crippen molar-refractivity contribution in [2.75, 3.05) is 19.0 Å². The summed E-state index contributed by atoms with van der Waals surface area (Å²) in [7, 11) is 1.69. The second-order valence-corrected chi connectivity index (χ2v) is 4.39. The second kappa shape index (κ2) is 5.59. The maximum absolute atomic E-state index is 5.88. The summed E-state index contributed by atoms with van der Waals surface area (Å²) in [5.41, 5.74) is 1.03. The van der Waals surface area contributed by atoms with Gasteiger partial charge >= 0.3 is 0 Å². The van der Waals surface area contributed by atoms with Crippen molar-refractivity contribution in [3.8, 4) is 0 Å². The molecule has 2 nitrogen and oxygen atoms in total. The molecule has 0 unspecified atom stereocenters. The Morgan fingerprint density at radius 3 is 2.86 bits per heavy atom. The number of ether oxygens (including phenoxy) is 1. The monoisotopic (exact) mass is 277 g/mol. The molecule has 0 fully saturated rings. The largest absolute Gasteiger partial charge is 0.383 e. The van der Waals surface area contributed by atoms with Gasteiger partial charge in [-0.2, -0.15) is 0 Å². The van der Waals surface area contributed by atoms with Crippen molar-refractivity contribution in [2.45, 2.75) is 13.0 Å². The Balaban J connectivity index is 2.63. The topological polar surface area (TPSA) is 21.3 Å². The van der Waals surface area contributed by atoms with Gasteiger partial charge in [0.1, 0.15) is 0 Å². The quantitative estimate of drug-likeness (QED) is 0.909. The molecule has 0 radical (unpaired) electrons. The average Bonchev–Trinajstić information content (AvgIpc) is 2.12. The van der Waals surface area contributed by atoms with E-state index >= 15 is 0 Å². The van der Waals surface area contributed by atoms with Crippen LogP contribution in [0.15, 0.2) is 22.7 Å². The number of nitrogens with one attached hydrogen (secondary N) is 1. The molecule has 14 heavy (non-hydrogen) atoms. The highest BCUT2D eigenvalue weighted by Gasteiger charge is 2.02. The molecule has 0 aliphatic carbocycles. The van der Waals surface area contributed by atoms with E-state index in [1.807, 2.05) is 18.2 Å². The molecule has 0 aromatic heterocycles. The van der Waals surface area contributed by atoms with Gasteiger partial charge in [-0.1, -0.05) is 11.6 Å². The lowest BCUT2D eigenvalue weighted by Gasteiger charge is -2.14. The van der Waals surface area contributed by atoms with E-state index < -0.39 is 0 Å². The second-order valence-electron chi connectivity index (χ2n) is 3.13. The zero-order chi connectivity index (χ0) is 10.6. The molecule has 4 heteroatoms. The van der Waals surface area contributed by atoms with E-state index in [1.54, 1.807) is 7.11 Å². The van der Waals surface area contributed by atoms with Crippen molar-refractivity contribution in [1.82, 2.24) is 0 Å². The Kier molecular flexibility index (Phi) is 4.72. The number of anilines is 1. The normalized spacial score (nSPS) is 12.6. The standard InChI is InChI=1S/C10H13BrClNO/c1-7(6-14-2)13-8-3-4-10(12)9(11)5-8/h3-5,7,13H,6H2,1-2H3/t7-/m1/s1. The van der Waals surface area contributed by atoms with Crippen LogP contribution in [0.4, 0.5) is 5.69 Å². The Hall–Kier alpha value is -0.250. The summed E-state index contributed by atoms with van der Waals surface area (Å²) < 4.78 is 5.93. The lowest BCUT2D eigenvalue weighted by molar-refractivity contribution is 0.190. The number of hydrogen-bond acceptors (Lipinski definition) is 2. The highest BCUT2D eigenvalue weighted by atomic mass is 79.9. The molecule has 1 atom stereocenters. The highest BCUT2D eigenvalue weighted by molar-refractivity contribution is 9.10. The molecule has 1 N–H and O–H groups in total. The molecule has 0 aliphatic heterocycles. The molecule has 0 amide bonds. The lowest BCUT2D eigenvalue weighted by atomic mass is 10.3. The van der Waals surface area contributed by atoms with Crippen LogP contribution < -0.4 is 5.32 Å². The molecule has 1 aromatic rings. The number of benzene rings is 1. The molecule has 0 saturated heterocycles. The van der Waals surface area contributed by atoms with E-state index in [2.05, 4.69) is 28.2 Å². The van der Waals surface area contributed by atoms with E-state index in [-0.39, 0.29) is 6.04 Å². The van der Waals surface area contributed by atoms with Gasteiger partial charge in [0.05, 0.1) is 11.6 Å². The van der Waals surface area contributed by atoms with Gasteiger partial charge in [0.25, 0.3) is 0 Å². The van der Waals surface area contributed by atoms with E-state index in [4.69, 9.17) is 16.3 Å². The van der Waals surface area contributed by atoms with Crippen LogP contribution >= 0.6 is 27.5 Å². The molecule has 1 rings (SSSR count).